The van der Waals surface area contributed by atoms with Gasteiger partial charge >= 0.3 is 5.97 Å². The van der Waals surface area contributed by atoms with Crippen molar-refractivity contribution in [2.45, 2.75) is 17.8 Å². The lowest BCUT2D eigenvalue weighted by Crippen LogP contribution is -2.45. The standard InChI is InChI=1S/C43H33NO7/c1-26(45)51-34-24-18-31(19-25-34)44-39(46)37-38(40(44)47)43(30-12-8-5-9-13-30)36(28-16-22-33(50-3)23-17-28)35(27-14-20-32(49-2)21-15-27)42(37,41(43)48)29-10-6-4-7-11-29/h4-25,37-38H,1-3H3. The number of carbonyl (C=O) groups excluding carboxylic acids is 4. The Morgan fingerprint density at radius 2 is 0.941 bits per heavy atom. The van der Waals surface area contributed by atoms with E-state index in [1.54, 1.807) is 38.5 Å². The van der Waals surface area contributed by atoms with Gasteiger partial charge < -0.3 is 14.2 Å². The second-order valence-corrected chi connectivity index (χ2v) is 12.9. The molecule has 8 rings (SSSR count). The summed E-state index contributed by atoms with van der Waals surface area (Å²) in [4.78, 5) is 59.2. The fourth-order valence-electron chi connectivity index (χ4n) is 8.72. The van der Waals surface area contributed by atoms with E-state index in [2.05, 4.69) is 0 Å². The van der Waals surface area contributed by atoms with Crippen LogP contribution in [0.5, 0.6) is 17.2 Å². The van der Waals surface area contributed by atoms with Crippen LogP contribution in [0.4, 0.5) is 5.69 Å². The average molecular weight is 676 g/mol. The average Bonchev–Trinajstić information content (AvgIpc) is 3.68. The first-order chi connectivity index (χ1) is 24.8. The van der Waals surface area contributed by atoms with Crippen molar-refractivity contribution in [3.63, 3.8) is 0 Å². The number of allylic oxidation sites excluding steroid dienone is 2. The van der Waals surface area contributed by atoms with Gasteiger partial charge in [0, 0.05) is 6.92 Å². The molecule has 4 atom stereocenters. The molecule has 5 aromatic rings. The number of ketones is 1. The summed E-state index contributed by atoms with van der Waals surface area (Å²) in [6.45, 7) is 1.30. The summed E-state index contributed by atoms with van der Waals surface area (Å²) < 4.78 is 16.3. The van der Waals surface area contributed by atoms with Crippen LogP contribution in [-0.2, 0) is 30.0 Å². The van der Waals surface area contributed by atoms with Crippen LogP contribution in [0.15, 0.2) is 133 Å². The number of anilines is 1. The number of esters is 1. The molecule has 3 aliphatic rings. The summed E-state index contributed by atoms with van der Waals surface area (Å²) >= 11 is 0. The van der Waals surface area contributed by atoms with Gasteiger partial charge in [0.2, 0.25) is 11.8 Å². The smallest absolute Gasteiger partial charge is 0.308 e. The number of methoxy groups -OCH3 is 2. The van der Waals surface area contributed by atoms with Crippen LogP contribution in [0.25, 0.3) is 11.1 Å². The van der Waals surface area contributed by atoms with Crippen molar-refractivity contribution in [2.75, 3.05) is 19.1 Å². The molecule has 4 unspecified atom stereocenters. The number of benzene rings is 5. The third-order valence-corrected chi connectivity index (χ3v) is 10.6. The number of nitrogens with zero attached hydrogens (tertiary/aromatic N) is 1. The Morgan fingerprint density at radius 1 is 0.549 bits per heavy atom. The quantitative estimate of drug-likeness (QED) is 0.101. The number of hydrogen-bond donors (Lipinski definition) is 0. The highest BCUT2D eigenvalue weighted by molar-refractivity contribution is 6.39. The van der Waals surface area contributed by atoms with Crippen LogP contribution in [0.2, 0.25) is 0 Å². The number of Topliss-reactive ketones (excluding diaryl/α,β-unsaturated/α-hetero) is 1. The van der Waals surface area contributed by atoms with Gasteiger partial charge in [-0.1, -0.05) is 84.9 Å². The maximum absolute atomic E-state index is 16.1. The molecule has 8 heteroatoms. The Hall–Kier alpha value is -6.28. The molecule has 0 spiro atoms. The van der Waals surface area contributed by atoms with Crippen molar-refractivity contribution < 1.29 is 33.4 Å². The summed E-state index contributed by atoms with van der Waals surface area (Å²) in [6.07, 6.45) is 0. The molecule has 2 amide bonds. The summed E-state index contributed by atoms with van der Waals surface area (Å²) in [5.74, 6) is -2.24. The Morgan fingerprint density at radius 3 is 1.31 bits per heavy atom. The summed E-state index contributed by atoms with van der Waals surface area (Å²) in [6, 6.07) is 40.0. The first-order valence-corrected chi connectivity index (χ1v) is 16.6. The highest BCUT2D eigenvalue weighted by Gasteiger charge is 2.82. The van der Waals surface area contributed by atoms with Gasteiger partial charge in [-0.25, -0.2) is 4.90 Å². The maximum Gasteiger partial charge on any atom is 0.308 e. The van der Waals surface area contributed by atoms with E-state index in [0.29, 0.717) is 39.5 Å². The second kappa shape index (κ2) is 11.9. The molecule has 252 valence electrons. The van der Waals surface area contributed by atoms with Crippen molar-refractivity contribution in [3.05, 3.63) is 156 Å². The van der Waals surface area contributed by atoms with E-state index in [0.717, 1.165) is 11.1 Å². The number of imide groups is 1. The highest BCUT2D eigenvalue weighted by Crippen LogP contribution is 2.74. The fourth-order valence-corrected chi connectivity index (χ4v) is 8.72. The number of carbonyl (C=O) groups is 4. The normalized spacial score (nSPS) is 23.4. The number of hydrogen-bond acceptors (Lipinski definition) is 7. The van der Waals surface area contributed by atoms with Gasteiger partial charge in [0.05, 0.1) is 42.6 Å². The molecular formula is C43H33NO7. The highest BCUT2D eigenvalue weighted by atomic mass is 16.5. The predicted molar refractivity (Wildman–Crippen MR) is 191 cm³/mol. The molecule has 2 bridgehead atoms. The van der Waals surface area contributed by atoms with Crippen LogP contribution in [0.1, 0.15) is 29.2 Å². The van der Waals surface area contributed by atoms with Crippen LogP contribution in [0.3, 0.4) is 0 Å². The molecule has 51 heavy (non-hydrogen) atoms. The van der Waals surface area contributed by atoms with E-state index in [1.807, 2.05) is 109 Å². The zero-order valence-electron chi connectivity index (χ0n) is 28.2. The molecule has 0 aromatic heterocycles. The van der Waals surface area contributed by atoms with Crippen LogP contribution in [0, 0.1) is 11.8 Å². The molecule has 1 heterocycles. The molecule has 0 radical (unpaired) electrons. The SMILES string of the molecule is COc1ccc(C2=C(c3ccc(OC)cc3)C3(c4ccccc4)C(=O)C2(c2ccccc2)C2C(=O)N(c4ccc(OC(C)=O)cc4)C(=O)C23)cc1. The van der Waals surface area contributed by atoms with Crippen molar-refractivity contribution >= 4 is 40.4 Å². The van der Waals surface area contributed by atoms with E-state index >= 15 is 14.4 Å². The molecule has 2 fully saturated rings. The van der Waals surface area contributed by atoms with Gasteiger partial charge in [0.15, 0.2) is 5.78 Å². The lowest BCUT2D eigenvalue weighted by atomic mass is 9.59. The van der Waals surface area contributed by atoms with Gasteiger partial charge in [-0.2, -0.15) is 0 Å². The summed E-state index contributed by atoms with van der Waals surface area (Å²) in [5.41, 5.74) is 1.30. The predicted octanol–water partition coefficient (Wildman–Crippen LogP) is 6.82. The van der Waals surface area contributed by atoms with Gasteiger partial charge in [0.25, 0.3) is 0 Å². The van der Waals surface area contributed by atoms with Crippen molar-refractivity contribution in [1.82, 2.24) is 0 Å². The van der Waals surface area contributed by atoms with Gasteiger partial charge in [-0.3, -0.25) is 19.2 Å². The monoisotopic (exact) mass is 675 g/mol. The Balaban J connectivity index is 1.48. The molecule has 2 aliphatic carbocycles. The Bertz CT molecular complexity index is 2100. The minimum absolute atomic E-state index is 0.217. The molecule has 8 nitrogen and oxygen atoms in total. The van der Waals surface area contributed by atoms with Gasteiger partial charge in [-0.05, 0) is 81.9 Å². The van der Waals surface area contributed by atoms with Crippen molar-refractivity contribution in [2.24, 2.45) is 11.8 Å². The number of ether oxygens (including phenoxy) is 3. The Kier molecular flexibility index (Phi) is 7.49. The van der Waals surface area contributed by atoms with E-state index in [1.165, 1.54) is 11.8 Å². The summed E-state index contributed by atoms with van der Waals surface area (Å²) in [7, 11) is 3.18. The van der Waals surface area contributed by atoms with Crippen LogP contribution in [-0.4, -0.2) is 37.8 Å². The fraction of sp³-hybridized carbons (Fsp3) is 0.163. The van der Waals surface area contributed by atoms with Crippen LogP contribution < -0.4 is 19.1 Å². The first-order valence-electron chi connectivity index (χ1n) is 16.6. The lowest BCUT2D eigenvalue weighted by molar-refractivity contribution is -0.132. The van der Waals surface area contributed by atoms with Gasteiger partial charge in [0.1, 0.15) is 17.2 Å². The Labute approximate surface area is 294 Å². The summed E-state index contributed by atoms with van der Waals surface area (Å²) in [5, 5.41) is 0. The zero-order valence-corrected chi connectivity index (χ0v) is 28.2. The maximum atomic E-state index is 16.1. The number of amides is 2. The minimum atomic E-state index is -1.55. The van der Waals surface area contributed by atoms with Crippen molar-refractivity contribution in [3.8, 4) is 17.2 Å². The van der Waals surface area contributed by atoms with E-state index < -0.39 is 40.4 Å². The first kappa shape index (κ1) is 32.0. The van der Waals surface area contributed by atoms with E-state index in [-0.39, 0.29) is 11.5 Å². The molecule has 1 aliphatic heterocycles. The molecule has 1 saturated heterocycles. The third-order valence-electron chi connectivity index (χ3n) is 10.6. The zero-order chi connectivity index (χ0) is 35.5. The number of rotatable bonds is 8. The topological polar surface area (TPSA) is 99.2 Å². The van der Waals surface area contributed by atoms with Crippen LogP contribution >= 0.6 is 0 Å². The van der Waals surface area contributed by atoms with Gasteiger partial charge in [-0.15, -0.1) is 0 Å². The molecule has 5 aromatic carbocycles. The third kappa shape index (κ3) is 4.39. The van der Waals surface area contributed by atoms with E-state index in [4.69, 9.17) is 14.2 Å². The molecule has 0 N–H and O–H groups in total. The minimum Gasteiger partial charge on any atom is -0.497 e. The van der Waals surface area contributed by atoms with E-state index in [9.17, 15) is 4.79 Å². The second-order valence-electron chi connectivity index (χ2n) is 12.9. The molecule has 1 saturated carbocycles. The van der Waals surface area contributed by atoms with Crippen molar-refractivity contribution in [1.29, 1.82) is 0 Å². The largest absolute Gasteiger partial charge is 0.497 e. The molecular weight excluding hydrogens is 642 g/mol. The number of fused-ring (bicyclic) bond motifs is 5. The lowest BCUT2D eigenvalue weighted by Gasteiger charge is -2.39.